The van der Waals surface area contributed by atoms with Crippen LogP contribution in [-0.2, 0) is 11.2 Å². The molecule has 2 N–H and O–H groups in total. The number of amides is 1. The number of para-hydroxylation sites is 2. The molecule has 25 heavy (non-hydrogen) atoms. The number of aryl methyl sites for hydroxylation is 1. The van der Waals surface area contributed by atoms with Crippen molar-refractivity contribution in [2.24, 2.45) is 0 Å². The number of hydrogen-bond acceptors (Lipinski definition) is 3. The first-order chi connectivity index (χ1) is 12.2. The van der Waals surface area contributed by atoms with Crippen molar-refractivity contribution < 1.29 is 4.79 Å². The molecule has 0 saturated carbocycles. The minimum absolute atomic E-state index is 0.145. The molecule has 124 valence electrons. The molecule has 0 unspecified atom stereocenters. The van der Waals surface area contributed by atoms with E-state index < -0.39 is 0 Å². The van der Waals surface area contributed by atoms with Gasteiger partial charge < -0.3 is 5.32 Å². The zero-order valence-electron chi connectivity index (χ0n) is 13.4. The summed E-state index contributed by atoms with van der Waals surface area (Å²) in [7, 11) is 0. The molecule has 0 aliphatic rings. The van der Waals surface area contributed by atoms with Gasteiger partial charge in [0.1, 0.15) is 5.82 Å². The number of imidazole rings is 1. The molecule has 0 saturated heterocycles. The first-order valence-corrected chi connectivity index (χ1v) is 8.05. The quantitative estimate of drug-likeness (QED) is 0.603. The maximum absolute atomic E-state index is 12.3. The molecule has 0 fully saturated rings. The summed E-state index contributed by atoms with van der Waals surface area (Å²) in [4.78, 5) is 31.3. The maximum atomic E-state index is 12.3. The molecular weight excluding hydrogens is 316 g/mol. The van der Waals surface area contributed by atoms with Crippen molar-refractivity contribution in [1.82, 2.24) is 14.4 Å². The van der Waals surface area contributed by atoms with Gasteiger partial charge in [-0.15, -0.1) is 0 Å². The highest BCUT2D eigenvalue weighted by atomic mass is 16.1. The van der Waals surface area contributed by atoms with Crippen LogP contribution in [0.15, 0.2) is 65.5 Å². The molecule has 0 aliphatic carbocycles. The van der Waals surface area contributed by atoms with E-state index in [9.17, 15) is 9.59 Å². The van der Waals surface area contributed by atoms with Gasteiger partial charge in [0.15, 0.2) is 0 Å². The summed E-state index contributed by atoms with van der Waals surface area (Å²) in [6, 6.07) is 18.7. The number of carbonyl (C=O) groups excluding carboxylic acids is 1. The number of fused-ring (bicyclic) bond motifs is 3. The lowest BCUT2D eigenvalue weighted by atomic mass is 10.1. The molecule has 0 bridgehead atoms. The second-order valence-corrected chi connectivity index (χ2v) is 5.81. The Labute approximate surface area is 143 Å². The minimum atomic E-state index is -0.304. The van der Waals surface area contributed by atoms with E-state index in [1.54, 1.807) is 4.40 Å². The third-order valence-corrected chi connectivity index (χ3v) is 4.06. The van der Waals surface area contributed by atoms with Gasteiger partial charge in [0.25, 0.3) is 5.56 Å². The third-order valence-electron chi connectivity index (χ3n) is 4.06. The zero-order chi connectivity index (χ0) is 17.2. The Morgan fingerprint density at radius 2 is 1.84 bits per heavy atom. The number of aromatic nitrogens is 3. The van der Waals surface area contributed by atoms with E-state index in [0.29, 0.717) is 24.4 Å². The smallest absolute Gasteiger partial charge is 0.254 e. The van der Waals surface area contributed by atoms with Gasteiger partial charge in [0, 0.05) is 12.5 Å². The minimum Gasteiger partial charge on any atom is -0.312 e. The summed E-state index contributed by atoms with van der Waals surface area (Å²) in [5, 5.41) is 2.84. The number of anilines is 1. The molecule has 2 aromatic carbocycles. The fourth-order valence-electron chi connectivity index (χ4n) is 2.89. The Morgan fingerprint density at radius 1 is 1.08 bits per heavy atom. The first kappa shape index (κ1) is 15.1. The summed E-state index contributed by atoms with van der Waals surface area (Å²) in [6.45, 7) is 0. The van der Waals surface area contributed by atoms with Gasteiger partial charge >= 0.3 is 0 Å². The Morgan fingerprint density at radius 3 is 2.68 bits per heavy atom. The van der Waals surface area contributed by atoms with Gasteiger partial charge in [0.05, 0.1) is 11.0 Å². The van der Waals surface area contributed by atoms with E-state index in [1.165, 1.54) is 6.07 Å². The van der Waals surface area contributed by atoms with Crippen LogP contribution < -0.4 is 10.9 Å². The Hall–Kier alpha value is -3.41. The van der Waals surface area contributed by atoms with Crippen LogP contribution in [0.4, 0.5) is 5.82 Å². The molecule has 0 spiro atoms. The number of benzene rings is 2. The van der Waals surface area contributed by atoms with Crippen LogP contribution in [0.2, 0.25) is 0 Å². The van der Waals surface area contributed by atoms with Crippen LogP contribution >= 0.6 is 0 Å². The SMILES string of the molecule is O=C(CCc1ccccc1)Nc1cc(=O)[nH]c2nc3ccccc3n12. The highest BCUT2D eigenvalue weighted by Crippen LogP contribution is 2.18. The standard InChI is InChI=1S/C19H16N4O2/c24-17(11-10-13-6-2-1-3-7-13)21-16-12-18(25)22-19-20-14-8-4-5-9-15(14)23(16)19/h1-9,12H,10-11H2,(H,21,24)(H,20,22,25). The molecule has 6 nitrogen and oxygen atoms in total. The molecule has 2 aromatic heterocycles. The van der Waals surface area contributed by atoms with E-state index in [0.717, 1.165) is 16.6 Å². The molecule has 1 amide bonds. The van der Waals surface area contributed by atoms with Crippen molar-refractivity contribution in [3.8, 4) is 0 Å². The molecule has 0 atom stereocenters. The molecular formula is C19H16N4O2. The maximum Gasteiger partial charge on any atom is 0.254 e. The average molecular weight is 332 g/mol. The van der Waals surface area contributed by atoms with Crippen molar-refractivity contribution >= 4 is 28.5 Å². The zero-order valence-corrected chi connectivity index (χ0v) is 13.4. The van der Waals surface area contributed by atoms with Crippen molar-refractivity contribution in [2.75, 3.05) is 5.32 Å². The monoisotopic (exact) mass is 332 g/mol. The highest BCUT2D eigenvalue weighted by Gasteiger charge is 2.12. The number of aromatic amines is 1. The lowest BCUT2D eigenvalue weighted by Crippen LogP contribution is -2.18. The summed E-state index contributed by atoms with van der Waals surface area (Å²) in [5.41, 5.74) is 2.37. The number of nitrogens with one attached hydrogen (secondary N) is 2. The van der Waals surface area contributed by atoms with Crippen LogP contribution in [0.25, 0.3) is 16.8 Å². The van der Waals surface area contributed by atoms with Gasteiger partial charge in [-0.1, -0.05) is 42.5 Å². The predicted octanol–water partition coefficient (Wildman–Crippen LogP) is 2.75. The lowest BCUT2D eigenvalue weighted by molar-refractivity contribution is -0.116. The van der Waals surface area contributed by atoms with Crippen molar-refractivity contribution in [3.63, 3.8) is 0 Å². The number of nitrogens with zero attached hydrogens (tertiary/aromatic N) is 2. The van der Waals surface area contributed by atoms with Crippen LogP contribution in [0.3, 0.4) is 0 Å². The van der Waals surface area contributed by atoms with Gasteiger partial charge in [-0.3, -0.25) is 19.0 Å². The van der Waals surface area contributed by atoms with E-state index in [-0.39, 0.29) is 11.5 Å². The van der Waals surface area contributed by atoms with Crippen LogP contribution in [0.1, 0.15) is 12.0 Å². The summed E-state index contributed by atoms with van der Waals surface area (Å²) in [6.07, 6.45) is 0.981. The van der Waals surface area contributed by atoms with E-state index in [4.69, 9.17) is 0 Å². The van der Waals surface area contributed by atoms with Gasteiger partial charge in [-0.25, -0.2) is 4.98 Å². The molecule has 0 radical (unpaired) electrons. The molecule has 6 heteroatoms. The Balaban J connectivity index is 1.64. The number of rotatable bonds is 4. The number of carbonyl (C=O) groups is 1. The third kappa shape index (κ3) is 3.01. The lowest BCUT2D eigenvalue weighted by Gasteiger charge is -2.08. The summed E-state index contributed by atoms with van der Waals surface area (Å²) < 4.78 is 1.75. The predicted molar refractivity (Wildman–Crippen MR) is 96.7 cm³/mol. The second kappa shape index (κ2) is 6.24. The van der Waals surface area contributed by atoms with E-state index >= 15 is 0 Å². The van der Waals surface area contributed by atoms with Crippen molar-refractivity contribution in [3.05, 3.63) is 76.6 Å². The second-order valence-electron chi connectivity index (χ2n) is 5.81. The van der Waals surface area contributed by atoms with E-state index in [1.807, 2.05) is 54.6 Å². The molecule has 4 rings (SSSR count). The Bertz CT molecular complexity index is 1110. The topological polar surface area (TPSA) is 79.3 Å². The summed E-state index contributed by atoms with van der Waals surface area (Å²) in [5.74, 6) is 0.686. The largest absolute Gasteiger partial charge is 0.312 e. The fourth-order valence-corrected chi connectivity index (χ4v) is 2.89. The van der Waals surface area contributed by atoms with Gasteiger partial charge in [0.2, 0.25) is 11.7 Å². The number of hydrogen-bond donors (Lipinski definition) is 2. The van der Waals surface area contributed by atoms with Crippen LogP contribution in [0.5, 0.6) is 0 Å². The van der Waals surface area contributed by atoms with Gasteiger partial charge in [-0.2, -0.15) is 0 Å². The first-order valence-electron chi connectivity index (χ1n) is 8.05. The highest BCUT2D eigenvalue weighted by molar-refractivity contribution is 5.92. The fraction of sp³-hybridized carbons (Fsp3) is 0.105. The average Bonchev–Trinajstić information content (AvgIpc) is 2.99. The van der Waals surface area contributed by atoms with Crippen LogP contribution in [0, 0.1) is 0 Å². The Kier molecular flexibility index (Phi) is 3.78. The van der Waals surface area contributed by atoms with Crippen LogP contribution in [-0.4, -0.2) is 20.3 Å². The number of H-pyrrole nitrogens is 1. The molecule has 0 aliphatic heterocycles. The van der Waals surface area contributed by atoms with E-state index in [2.05, 4.69) is 15.3 Å². The normalized spacial score (nSPS) is 11.0. The van der Waals surface area contributed by atoms with Gasteiger partial charge in [-0.05, 0) is 24.1 Å². The van der Waals surface area contributed by atoms with Crippen molar-refractivity contribution in [1.29, 1.82) is 0 Å². The van der Waals surface area contributed by atoms with Crippen molar-refractivity contribution in [2.45, 2.75) is 12.8 Å². The molecule has 4 aromatic rings. The molecule has 2 heterocycles. The summed E-state index contributed by atoms with van der Waals surface area (Å²) >= 11 is 0.